The van der Waals surface area contributed by atoms with Crippen molar-refractivity contribution in [3.8, 4) is 0 Å². The van der Waals surface area contributed by atoms with Gasteiger partial charge in [-0.15, -0.1) is 0 Å². The number of anilines is 2. The minimum atomic E-state index is -0.0200. The smallest absolute Gasteiger partial charge is 0.226 e. The molecule has 2 aromatic rings. The van der Waals surface area contributed by atoms with Gasteiger partial charge in [0.1, 0.15) is 0 Å². The van der Waals surface area contributed by atoms with E-state index in [1.807, 2.05) is 57.6 Å². The van der Waals surface area contributed by atoms with Gasteiger partial charge in [-0.3, -0.25) is 9.48 Å². The molecule has 0 saturated heterocycles. The van der Waals surface area contributed by atoms with Gasteiger partial charge < -0.3 is 10.6 Å². The zero-order chi connectivity index (χ0) is 15.4. The molecule has 0 aliphatic heterocycles. The van der Waals surface area contributed by atoms with E-state index >= 15 is 0 Å². The predicted octanol–water partition coefficient (Wildman–Crippen LogP) is 3.19. The summed E-state index contributed by atoms with van der Waals surface area (Å²) in [6.45, 7) is 5.84. The Balaban J connectivity index is 1.97. The number of nitrogens with zero attached hydrogens (tertiary/aromatic N) is 2. The van der Waals surface area contributed by atoms with Crippen LogP contribution in [0.3, 0.4) is 0 Å². The van der Waals surface area contributed by atoms with E-state index in [9.17, 15) is 4.79 Å². The molecule has 5 nitrogen and oxygen atoms in total. The van der Waals surface area contributed by atoms with Crippen molar-refractivity contribution in [2.24, 2.45) is 13.0 Å². The highest BCUT2D eigenvalue weighted by Gasteiger charge is 2.09. The van der Waals surface area contributed by atoms with Crippen LogP contribution in [0, 0.1) is 5.92 Å². The molecule has 5 heteroatoms. The molecule has 2 rings (SSSR count). The molecule has 1 unspecified atom stereocenters. The number of carbonyl (C=O) groups is 1. The lowest BCUT2D eigenvalue weighted by Crippen LogP contribution is -2.17. The van der Waals surface area contributed by atoms with Crippen molar-refractivity contribution in [3.05, 3.63) is 42.2 Å². The lowest BCUT2D eigenvalue weighted by Gasteiger charge is -2.14. The minimum absolute atomic E-state index is 0.0200. The predicted molar refractivity (Wildman–Crippen MR) is 85.2 cm³/mol. The first-order chi connectivity index (χ1) is 9.95. The standard InChI is InChI=1S/C16H22N4O/c1-11(2)16(21)19-15-7-5-14(6-8-15)18-12(3)13-9-17-20(4)10-13/h5-12,18H,1-4H3,(H,19,21). The number of nitrogens with one attached hydrogen (secondary N) is 2. The Morgan fingerprint density at radius 1 is 1.14 bits per heavy atom. The molecule has 1 atom stereocenters. The van der Waals surface area contributed by atoms with Crippen LogP contribution in [0.25, 0.3) is 0 Å². The molecule has 0 saturated carbocycles. The number of aryl methyl sites for hydroxylation is 1. The van der Waals surface area contributed by atoms with E-state index in [1.54, 1.807) is 4.68 Å². The second-order valence-electron chi connectivity index (χ2n) is 5.53. The second-order valence-corrected chi connectivity index (χ2v) is 5.53. The van der Waals surface area contributed by atoms with Crippen LogP contribution in [0.2, 0.25) is 0 Å². The monoisotopic (exact) mass is 286 g/mol. The van der Waals surface area contributed by atoms with Gasteiger partial charge in [-0.25, -0.2) is 0 Å². The molecule has 112 valence electrons. The fraction of sp³-hybridized carbons (Fsp3) is 0.375. The third-order valence-electron chi connectivity index (χ3n) is 3.28. The van der Waals surface area contributed by atoms with Crippen LogP contribution in [0.5, 0.6) is 0 Å². The van der Waals surface area contributed by atoms with Crippen molar-refractivity contribution in [3.63, 3.8) is 0 Å². The normalized spacial score (nSPS) is 12.2. The van der Waals surface area contributed by atoms with Crippen LogP contribution in [0.1, 0.15) is 32.4 Å². The molecule has 0 bridgehead atoms. The summed E-state index contributed by atoms with van der Waals surface area (Å²) in [5.41, 5.74) is 2.96. The third kappa shape index (κ3) is 4.08. The van der Waals surface area contributed by atoms with Gasteiger partial charge in [0.05, 0.1) is 12.2 Å². The maximum Gasteiger partial charge on any atom is 0.226 e. The highest BCUT2D eigenvalue weighted by Crippen LogP contribution is 2.20. The molecule has 0 aliphatic carbocycles. The van der Waals surface area contributed by atoms with Crippen LogP contribution in [0.4, 0.5) is 11.4 Å². The Bertz CT molecular complexity index is 601. The van der Waals surface area contributed by atoms with Crippen LogP contribution >= 0.6 is 0 Å². The highest BCUT2D eigenvalue weighted by molar-refractivity contribution is 5.92. The number of carbonyl (C=O) groups excluding carboxylic acids is 1. The molecule has 1 aromatic heterocycles. The number of aromatic nitrogens is 2. The number of amides is 1. The molecule has 0 radical (unpaired) electrons. The number of hydrogen-bond donors (Lipinski definition) is 2. The Kier molecular flexibility index (Phi) is 4.62. The maximum atomic E-state index is 11.6. The van der Waals surface area contributed by atoms with Crippen molar-refractivity contribution in [2.75, 3.05) is 10.6 Å². The van der Waals surface area contributed by atoms with Crippen molar-refractivity contribution in [1.29, 1.82) is 0 Å². The largest absolute Gasteiger partial charge is 0.378 e. The number of hydrogen-bond acceptors (Lipinski definition) is 3. The van der Waals surface area contributed by atoms with E-state index in [4.69, 9.17) is 0 Å². The Hall–Kier alpha value is -2.30. The molecular formula is C16H22N4O. The molecule has 1 aromatic carbocycles. The zero-order valence-electron chi connectivity index (χ0n) is 12.9. The number of rotatable bonds is 5. The summed E-state index contributed by atoms with van der Waals surface area (Å²) in [5, 5.41) is 10.5. The van der Waals surface area contributed by atoms with Gasteiger partial charge in [-0.05, 0) is 31.2 Å². The lowest BCUT2D eigenvalue weighted by atomic mass is 10.1. The van der Waals surface area contributed by atoms with E-state index in [-0.39, 0.29) is 17.9 Å². The lowest BCUT2D eigenvalue weighted by molar-refractivity contribution is -0.118. The Morgan fingerprint density at radius 3 is 2.29 bits per heavy atom. The summed E-state index contributed by atoms with van der Waals surface area (Å²) in [6.07, 6.45) is 3.85. The van der Waals surface area contributed by atoms with Crippen LogP contribution in [-0.4, -0.2) is 15.7 Å². The van der Waals surface area contributed by atoms with Crippen molar-refractivity contribution < 1.29 is 4.79 Å². The average Bonchev–Trinajstić information content (AvgIpc) is 2.87. The van der Waals surface area contributed by atoms with Gasteiger partial charge >= 0.3 is 0 Å². The van der Waals surface area contributed by atoms with Gasteiger partial charge in [-0.2, -0.15) is 5.10 Å². The number of benzene rings is 1. The first-order valence-electron chi connectivity index (χ1n) is 7.11. The summed E-state index contributed by atoms with van der Waals surface area (Å²) >= 11 is 0. The van der Waals surface area contributed by atoms with Gasteiger partial charge in [-0.1, -0.05) is 13.8 Å². The SMILES string of the molecule is CC(C)C(=O)Nc1ccc(NC(C)c2cnn(C)c2)cc1. The summed E-state index contributed by atoms with van der Waals surface area (Å²) in [6, 6.07) is 7.90. The molecule has 0 aliphatic rings. The summed E-state index contributed by atoms with van der Waals surface area (Å²) < 4.78 is 1.79. The van der Waals surface area contributed by atoms with Gasteiger partial charge in [0, 0.05) is 36.1 Å². The summed E-state index contributed by atoms with van der Waals surface area (Å²) in [7, 11) is 1.91. The van der Waals surface area contributed by atoms with Gasteiger partial charge in [0.2, 0.25) is 5.91 Å². The molecular weight excluding hydrogens is 264 g/mol. The first kappa shape index (κ1) is 15.1. The molecule has 2 N–H and O–H groups in total. The highest BCUT2D eigenvalue weighted by atomic mass is 16.1. The Morgan fingerprint density at radius 2 is 1.76 bits per heavy atom. The van der Waals surface area contributed by atoms with Gasteiger partial charge in [0.25, 0.3) is 0 Å². The van der Waals surface area contributed by atoms with E-state index in [2.05, 4.69) is 22.7 Å². The molecule has 21 heavy (non-hydrogen) atoms. The maximum absolute atomic E-state index is 11.6. The topological polar surface area (TPSA) is 59.0 Å². The van der Waals surface area contributed by atoms with Crippen LogP contribution in [-0.2, 0) is 11.8 Å². The molecule has 1 heterocycles. The first-order valence-corrected chi connectivity index (χ1v) is 7.11. The summed E-state index contributed by atoms with van der Waals surface area (Å²) in [4.78, 5) is 11.6. The fourth-order valence-corrected chi connectivity index (χ4v) is 1.93. The van der Waals surface area contributed by atoms with E-state index in [0.29, 0.717) is 0 Å². The third-order valence-corrected chi connectivity index (χ3v) is 3.28. The van der Waals surface area contributed by atoms with E-state index < -0.39 is 0 Å². The van der Waals surface area contributed by atoms with Crippen LogP contribution in [0.15, 0.2) is 36.7 Å². The second kappa shape index (κ2) is 6.43. The van der Waals surface area contributed by atoms with Crippen molar-refractivity contribution in [2.45, 2.75) is 26.8 Å². The fourth-order valence-electron chi connectivity index (χ4n) is 1.93. The molecule has 0 fully saturated rings. The molecule has 0 spiro atoms. The van der Waals surface area contributed by atoms with Crippen LogP contribution < -0.4 is 10.6 Å². The van der Waals surface area contributed by atoms with Crippen molar-refractivity contribution >= 4 is 17.3 Å². The molecule has 1 amide bonds. The Labute approximate surface area is 125 Å². The van der Waals surface area contributed by atoms with Gasteiger partial charge in [0.15, 0.2) is 0 Å². The van der Waals surface area contributed by atoms with E-state index in [0.717, 1.165) is 16.9 Å². The zero-order valence-corrected chi connectivity index (χ0v) is 12.9. The minimum Gasteiger partial charge on any atom is -0.378 e. The van der Waals surface area contributed by atoms with Crippen molar-refractivity contribution in [1.82, 2.24) is 9.78 Å². The van der Waals surface area contributed by atoms with E-state index in [1.165, 1.54) is 0 Å². The average molecular weight is 286 g/mol. The summed E-state index contributed by atoms with van der Waals surface area (Å²) in [5.74, 6) is 0.00726. The quantitative estimate of drug-likeness (QED) is 0.887.